The van der Waals surface area contributed by atoms with Crippen molar-refractivity contribution in [2.45, 2.75) is 31.7 Å². The molecule has 1 aliphatic rings. The molecule has 1 saturated carbocycles. The maximum atomic E-state index is 11.2. The highest BCUT2D eigenvalue weighted by Crippen LogP contribution is 2.26. The zero-order valence-electron chi connectivity index (χ0n) is 12.3. The van der Waals surface area contributed by atoms with E-state index in [0.717, 1.165) is 43.7 Å². The van der Waals surface area contributed by atoms with Gasteiger partial charge in [-0.1, -0.05) is 12.1 Å². The number of rotatable bonds is 6. The molecule has 1 fully saturated rings. The van der Waals surface area contributed by atoms with E-state index in [9.17, 15) is 4.79 Å². The fourth-order valence-corrected chi connectivity index (χ4v) is 2.59. The number of ether oxygens (including phenoxy) is 2. The Kier molecular flexibility index (Phi) is 5.41. The number of ketones is 1. The molecule has 1 aliphatic carbocycles. The molecule has 0 aliphatic heterocycles. The van der Waals surface area contributed by atoms with Crippen LogP contribution in [0.15, 0.2) is 24.3 Å². The van der Waals surface area contributed by atoms with Gasteiger partial charge in [0.15, 0.2) is 11.5 Å². The highest BCUT2D eigenvalue weighted by Gasteiger charge is 2.21. The standard InChI is InChI=1S/C16H23NO3/c1-17(13-7-9-14(18)10-8-13)11-12-20-16-6-4-3-5-15(16)19-2/h3-6,13H,7-12H2,1-2H3. The molecule has 1 aromatic rings. The Hall–Kier alpha value is -1.55. The largest absolute Gasteiger partial charge is 0.493 e. The Morgan fingerprint density at radius 1 is 1.20 bits per heavy atom. The van der Waals surface area contributed by atoms with E-state index in [2.05, 4.69) is 11.9 Å². The Morgan fingerprint density at radius 3 is 2.50 bits per heavy atom. The molecule has 4 heteroatoms. The monoisotopic (exact) mass is 277 g/mol. The van der Waals surface area contributed by atoms with Crippen LogP contribution in [0.3, 0.4) is 0 Å². The summed E-state index contributed by atoms with van der Waals surface area (Å²) in [5, 5.41) is 0. The zero-order valence-corrected chi connectivity index (χ0v) is 12.3. The lowest BCUT2D eigenvalue weighted by molar-refractivity contribution is -0.121. The molecule has 0 saturated heterocycles. The number of para-hydroxylation sites is 2. The second kappa shape index (κ2) is 7.29. The number of carbonyl (C=O) groups excluding carboxylic acids is 1. The number of likely N-dealkylation sites (N-methyl/N-ethyl adjacent to an activating group) is 1. The predicted molar refractivity (Wildman–Crippen MR) is 78.4 cm³/mol. The lowest BCUT2D eigenvalue weighted by Crippen LogP contribution is -2.37. The molecular formula is C16H23NO3. The minimum absolute atomic E-state index is 0.403. The molecule has 1 aromatic carbocycles. The van der Waals surface area contributed by atoms with Crippen molar-refractivity contribution in [3.8, 4) is 11.5 Å². The zero-order chi connectivity index (χ0) is 14.4. The average Bonchev–Trinajstić information content (AvgIpc) is 2.48. The molecule has 4 nitrogen and oxygen atoms in total. The van der Waals surface area contributed by atoms with Crippen LogP contribution in [0.2, 0.25) is 0 Å². The van der Waals surface area contributed by atoms with E-state index in [1.807, 2.05) is 24.3 Å². The van der Waals surface area contributed by atoms with Crippen LogP contribution in [0.5, 0.6) is 11.5 Å². The maximum Gasteiger partial charge on any atom is 0.161 e. The van der Waals surface area contributed by atoms with Gasteiger partial charge in [0.2, 0.25) is 0 Å². The number of Topliss-reactive ketones (excluding diaryl/α,β-unsaturated/α-hetero) is 1. The van der Waals surface area contributed by atoms with Crippen LogP contribution in [-0.4, -0.2) is 44.0 Å². The van der Waals surface area contributed by atoms with E-state index in [0.29, 0.717) is 18.4 Å². The number of benzene rings is 1. The Bertz CT molecular complexity index is 437. The molecule has 0 bridgehead atoms. The van der Waals surface area contributed by atoms with E-state index < -0.39 is 0 Å². The van der Waals surface area contributed by atoms with Crippen molar-refractivity contribution < 1.29 is 14.3 Å². The van der Waals surface area contributed by atoms with E-state index >= 15 is 0 Å². The van der Waals surface area contributed by atoms with Crippen molar-refractivity contribution in [2.24, 2.45) is 0 Å². The molecule has 0 amide bonds. The van der Waals surface area contributed by atoms with Gasteiger partial charge < -0.3 is 14.4 Å². The van der Waals surface area contributed by atoms with Crippen LogP contribution in [0.1, 0.15) is 25.7 Å². The number of carbonyl (C=O) groups is 1. The molecule has 0 unspecified atom stereocenters. The van der Waals surface area contributed by atoms with Gasteiger partial charge in [-0.2, -0.15) is 0 Å². The van der Waals surface area contributed by atoms with E-state index in [1.165, 1.54) is 0 Å². The number of nitrogens with zero attached hydrogens (tertiary/aromatic N) is 1. The van der Waals surface area contributed by atoms with Crippen molar-refractivity contribution in [1.82, 2.24) is 4.90 Å². The quantitative estimate of drug-likeness (QED) is 0.801. The third-order valence-corrected chi connectivity index (χ3v) is 3.91. The summed E-state index contributed by atoms with van der Waals surface area (Å²) in [5.41, 5.74) is 0. The van der Waals surface area contributed by atoms with Crippen molar-refractivity contribution >= 4 is 5.78 Å². The van der Waals surface area contributed by atoms with Gasteiger partial charge in [-0.05, 0) is 32.0 Å². The Labute approximate surface area is 120 Å². The second-order valence-electron chi connectivity index (χ2n) is 5.25. The van der Waals surface area contributed by atoms with Crippen molar-refractivity contribution in [2.75, 3.05) is 27.3 Å². The van der Waals surface area contributed by atoms with E-state index in [1.54, 1.807) is 7.11 Å². The van der Waals surface area contributed by atoms with Crippen LogP contribution in [0.25, 0.3) is 0 Å². The predicted octanol–water partition coefficient (Wildman–Crippen LogP) is 2.52. The lowest BCUT2D eigenvalue weighted by Gasteiger charge is -2.30. The summed E-state index contributed by atoms with van der Waals surface area (Å²) in [6.07, 6.45) is 3.40. The third-order valence-electron chi connectivity index (χ3n) is 3.91. The summed E-state index contributed by atoms with van der Waals surface area (Å²) in [6.45, 7) is 1.48. The van der Waals surface area contributed by atoms with Gasteiger partial charge in [-0.3, -0.25) is 4.79 Å². The first-order valence-electron chi connectivity index (χ1n) is 7.18. The van der Waals surface area contributed by atoms with Gasteiger partial charge in [-0.15, -0.1) is 0 Å². The van der Waals surface area contributed by atoms with Crippen molar-refractivity contribution in [1.29, 1.82) is 0 Å². The minimum atomic E-state index is 0.403. The third kappa shape index (κ3) is 3.97. The average molecular weight is 277 g/mol. The molecule has 0 N–H and O–H groups in total. The molecule has 20 heavy (non-hydrogen) atoms. The van der Waals surface area contributed by atoms with E-state index in [4.69, 9.17) is 9.47 Å². The molecule has 0 radical (unpaired) electrons. The second-order valence-corrected chi connectivity index (χ2v) is 5.25. The molecule has 0 atom stereocenters. The van der Waals surface area contributed by atoms with Gasteiger partial charge >= 0.3 is 0 Å². The highest BCUT2D eigenvalue weighted by molar-refractivity contribution is 5.79. The summed E-state index contributed by atoms with van der Waals surface area (Å²) < 4.78 is 11.0. The van der Waals surface area contributed by atoms with Gasteiger partial charge in [0.25, 0.3) is 0 Å². The first kappa shape index (κ1) is 14.9. The van der Waals surface area contributed by atoms with Crippen LogP contribution >= 0.6 is 0 Å². The van der Waals surface area contributed by atoms with Gasteiger partial charge in [0.05, 0.1) is 7.11 Å². The molecule has 0 heterocycles. The number of hydrogen-bond donors (Lipinski definition) is 0. The Balaban J connectivity index is 1.76. The van der Waals surface area contributed by atoms with Gasteiger partial charge in [-0.25, -0.2) is 0 Å². The van der Waals surface area contributed by atoms with Crippen molar-refractivity contribution in [3.05, 3.63) is 24.3 Å². The lowest BCUT2D eigenvalue weighted by atomic mass is 9.93. The van der Waals surface area contributed by atoms with Crippen LogP contribution < -0.4 is 9.47 Å². The summed E-state index contributed by atoms with van der Waals surface area (Å²) in [6, 6.07) is 8.18. The molecule has 0 spiro atoms. The maximum absolute atomic E-state index is 11.2. The smallest absolute Gasteiger partial charge is 0.161 e. The minimum Gasteiger partial charge on any atom is -0.493 e. The molecule has 0 aromatic heterocycles. The van der Waals surface area contributed by atoms with Crippen LogP contribution in [0, 0.1) is 0 Å². The number of methoxy groups -OCH3 is 1. The summed E-state index contributed by atoms with van der Waals surface area (Å²) in [4.78, 5) is 13.5. The summed E-state index contributed by atoms with van der Waals surface area (Å²) >= 11 is 0. The molecule has 110 valence electrons. The first-order valence-corrected chi connectivity index (χ1v) is 7.18. The fraction of sp³-hybridized carbons (Fsp3) is 0.562. The molecular weight excluding hydrogens is 254 g/mol. The SMILES string of the molecule is COc1ccccc1OCCN(C)C1CCC(=O)CC1. The van der Waals surface area contributed by atoms with Crippen LogP contribution in [-0.2, 0) is 4.79 Å². The normalized spacial score (nSPS) is 16.4. The summed E-state index contributed by atoms with van der Waals surface area (Å²) in [5.74, 6) is 1.94. The topological polar surface area (TPSA) is 38.8 Å². The molecule has 2 rings (SSSR count). The van der Waals surface area contributed by atoms with Gasteiger partial charge in [0.1, 0.15) is 12.4 Å². The van der Waals surface area contributed by atoms with Crippen LogP contribution in [0.4, 0.5) is 0 Å². The van der Waals surface area contributed by atoms with Crippen molar-refractivity contribution in [3.63, 3.8) is 0 Å². The fourth-order valence-electron chi connectivity index (χ4n) is 2.59. The Morgan fingerprint density at radius 2 is 1.85 bits per heavy atom. The first-order chi connectivity index (χ1) is 9.70. The van der Waals surface area contributed by atoms with Gasteiger partial charge in [0, 0.05) is 25.4 Å². The summed E-state index contributed by atoms with van der Waals surface area (Å²) in [7, 11) is 3.75. The highest BCUT2D eigenvalue weighted by atomic mass is 16.5. The van der Waals surface area contributed by atoms with E-state index in [-0.39, 0.29) is 0 Å². The number of hydrogen-bond acceptors (Lipinski definition) is 4.